The number of nitrogens with zero attached hydrogens (tertiary/aromatic N) is 1. The molecule has 1 fully saturated rings. The fraction of sp³-hybridized carbons (Fsp3) is 0.500. The minimum Gasteiger partial charge on any atom is -0.384 e. The van der Waals surface area contributed by atoms with Crippen LogP contribution in [0.1, 0.15) is 24.6 Å². The molecule has 6 heteroatoms. The predicted octanol–water partition coefficient (Wildman–Crippen LogP) is 2.24. The van der Waals surface area contributed by atoms with Crippen LogP contribution in [0.25, 0.3) is 0 Å². The zero-order valence-corrected chi connectivity index (χ0v) is 8.64. The molecule has 16 heavy (non-hydrogen) atoms. The van der Waals surface area contributed by atoms with Crippen molar-refractivity contribution < 1.29 is 13.2 Å². The highest BCUT2D eigenvalue weighted by atomic mass is 19.4. The molecule has 0 radical (unpaired) electrons. The van der Waals surface area contributed by atoms with Crippen molar-refractivity contribution in [1.29, 1.82) is 0 Å². The maximum atomic E-state index is 12.7. The van der Waals surface area contributed by atoms with Crippen LogP contribution in [0.5, 0.6) is 0 Å². The molecule has 0 unspecified atom stereocenters. The highest BCUT2D eigenvalue weighted by Crippen LogP contribution is 2.39. The van der Waals surface area contributed by atoms with Gasteiger partial charge < -0.3 is 5.32 Å². The average molecular weight is 232 g/mol. The molecule has 0 bridgehead atoms. The van der Waals surface area contributed by atoms with Gasteiger partial charge in [-0.05, 0) is 25.0 Å². The van der Waals surface area contributed by atoms with Crippen molar-refractivity contribution >= 4 is 5.69 Å². The van der Waals surface area contributed by atoms with E-state index in [4.69, 9.17) is 0 Å². The molecular formula is C10H11F3N2O. The van der Waals surface area contributed by atoms with Crippen LogP contribution in [0, 0.1) is 0 Å². The molecule has 0 atom stereocenters. The zero-order valence-electron chi connectivity index (χ0n) is 8.64. The third-order valence-corrected chi connectivity index (χ3v) is 2.59. The predicted molar refractivity (Wildman–Crippen MR) is 53.5 cm³/mol. The summed E-state index contributed by atoms with van der Waals surface area (Å²) in [5.41, 5.74) is -1.27. The van der Waals surface area contributed by atoms with E-state index in [0.717, 1.165) is 10.6 Å². The average Bonchev–Trinajstić information content (AvgIpc) is 2.99. The molecule has 1 saturated carbocycles. The Balaban J connectivity index is 2.62. The van der Waals surface area contributed by atoms with E-state index in [1.165, 1.54) is 13.1 Å². The quantitative estimate of drug-likeness (QED) is 0.848. The lowest BCUT2D eigenvalue weighted by atomic mass is 10.3. The van der Waals surface area contributed by atoms with Gasteiger partial charge in [0.2, 0.25) is 0 Å². The topological polar surface area (TPSA) is 34.0 Å². The number of alkyl halides is 3. The summed E-state index contributed by atoms with van der Waals surface area (Å²) in [5.74, 6) is 0. The van der Waals surface area contributed by atoms with Crippen LogP contribution in [0.4, 0.5) is 18.9 Å². The molecule has 1 heterocycles. The van der Waals surface area contributed by atoms with Crippen molar-refractivity contribution in [2.75, 3.05) is 12.4 Å². The Morgan fingerprint density at radius 1 is 1.38 bits per heavy atom. The van der Waals surface area contributed by atoms with E-state index in [0.29, 0.717) is 12.8 Å². The van der Waals surface area contributed by atoms with Crippen LogP contribution >= 0.6 is 0 Å². The number of hydrogen-bond donors (Lipinski definition) is 1. The highest BCUT2D eigenvalue weighted by Gasteiger charge is 2.39. The summed E-state index contributed by atoms with van der Waals surface area (Å²) >= 11 is 0. The number of pyridine rings is 1. The van der Waals surface area contributed by atoms with Crippen LogP contribution in [0.2, 0.25) is 0 Å². The van der Waals surface area contributed by atoms with Crippen LogP contribution in [-0.4, -0.2) is 11.6 Å². The maximum absolute atomic E-state index is 12.7. The molecular weight excluding hydrogens is 221 g/mol. The molecule has 0 aliphatic heterocycles. The van der Waals surface area contributed by atoms with Gasteiger partial charge in [-0.2, -0.15) is 13.2 Å². The van der Waals surface area contributed by atoms with Gasteiger partial charge in [-0.3, -0.25) is 9.36 Å². The number of halogens is 3. The molecule has 1 aliphatic carbocycles. The summed E-state index contributed by atoms with van der Waals surface area (Å²) in [6.45, 7) is 0. The lowest BCUT2D eigenvalue weighted by molar-refractivity contribution is -0.144. The Bertz CT molecular complexity index is 460. The van der Waals surface area contributed by atoms with Crippen LogP contribution < -0.4 is 10.9 Å². The summed E-state index contributed by atoms with van der Waals surface area (Å²) in [6, 6.07) is 1.83. The summed E-state index contributed by atoms with van der Waals surface area (Å²) in [4.78, 5) is 11.7. The molecule has 88 valence electrons. The van der Waals surface area contributed by atoms with Gasteiger partial charge in [0.1, 0.15) is 11.4 Å². The summed E-state index contributed by atoms with van der Waals surface area (Å²) in [5, 5.41) is 2.60. The largest absolute Gasteiger partial charge is 0.431 e. The fourth-order valence-corrected chi connectivity index (χ4v) is 1.67. The summed E-state index contributed by atoms with van der Waals surface area (Å²) in [7, 11) is 1.52. The van der Waals surface area contributed by atoms with E-state index in [1.54, 1.807) is 0 Å². The molecule has 1 aliphatic rings. The van der Waals surface area contributed by atoms with Crippen molar-refractivity contribution in [2.24, 2.45) is 0 Å². The van der Waals surface area contributed by atoms with Crippen molar-refractivity contribution in [3.05, 3.63) is 28.2 Å². The third-order valence-electron chi connectivity index (χ3n) is 2.59. The first-order valence-electron chi connectivity index (χ1n) is 4.95. The van der Waals surface area contributed by atoms with Gasteiger partial charge in [-0.1, -0.05) is 0 Å². The Morgan fingerprint density at radius 2 is 2.00 bits per heavy atom. The number of aromatic nitrogens is 1. The van der Waals surface area contributed by atoms with Gasteiger partial charge >= 0.3 is 6.18 Å². The fourth-order valence-electron chi connectivity index (χ4n) is 1.67. The molecule has 0 amide bonds. The van der Waals surface area contributed by atoms with Gasteiger partial charge in [0.25, 0.3) is 5.56 Å². The van der Waals surface area contributed by atoms with Crippen LogP contribution in [0.15, 0.2) is 16.9 Å². The first-order valence-corrected chi connectivity index (χ1v) is 4.95. The second-order valence-corrected chi connectivity index (χ2v) is 3.79. The van der Waals surface area contributed by atoms with Crippen molar-refractivity contribution in [3.8, 4) is 0 Å². The minimum absolute atomic E-state index is 0.194. The maximum Gasteiger partial charge on any atom is 0.431 e. The third kappa shape index (κ3) is 1.79. The summed E-state index contributed by atoms with van der Waals surface area (Å²) < 4.78 is 38.9. The number of rotatable bonds is 2. The Hall–Kier alpha value is -1.46. The number of anilines is 1. The van der Waals surface area contributed by atoms with Gasteiger partial charge in [-0.25, -0.2) is 0 Å². The second kappa shape index (κ2) is 3.54. The van der Waals surface area contributed by atoms with E-state index in [2.05, 4.69) is 5.32 Å². The van der Waals surface area contributed by atoms with E-state index >= 15 is 0 Å². The van der Waals surface area contributed by atoms with E-state index in [9.17, 15) is 18.0 Å². The van der Waals surface area contributed by atoms with Crippen molar-refractivity contribution in [2.45, 2.75) is 25.1 Å². The Labute approximate surface area is 89.9 Å². The van der Waals surface area contributed by atoms with Gasteiger partial charge in [0, 0.05) is 13.1 Å². The highest BCUT2D eigenvalue weighted by molar-refractivity contribution is 5.41. The van der Waals surface area contributed by atoms with E-state index < -0.39 is 17.4 Å². The van der Waals surface area contributed by atoms with Crippen molar-refractivity contribution in [1.82, 2.24) is 4.57 Å². The first-order chi connectivity index (χ1) is 7.45. The van der Waals surface area contributed by atoms with Crippen LogP contribution in [0.3, 0.4) is 0 Å². The van der Waals surface area contributed by atoms with Gasteiger partial charge in [-0.15, -0.1) is 0 Å². The molecule has 1 aromatic rings. The smallest absolute Gasteiger partial charge is 0.384 e. The first kappa shape index (κ1) is 11.0. The molecule has 1 N–H and O–H groups in total. The minimum atomic E-state index is -4.48. The standard InChI is InChI=1S/C10H11F3N2O/c1-14-7-4-5-8(10(11,12)13)15(9(7)16)6-2-3-6/h4-6,14H,2-3H2,1H3. The molecule has 0 spiro atoms. The van der Waals surface area contributed by atoms with Crippen LogP contribution in [-0.2, 0) is 6.18 Å². The molecule has 1 aromatic heterocycles. The number of hydrogen-bond acceptors (Lipinski definition) is 2. The molecule has 0 saturated heterocycles. The Kier molecular flexibility index (Phi) is 2.44. The number of nitrogens with one attached hydrogen (secondary N) is 1. The zero-order chi connectivity index (χ0) is 11.9. The Morgan fingerprint density at radius 3 is 2.44 bits per heavy atom. The SMILES string of the molecule is CNc1ccc(C(F)(F)F)n(C2CC2)c1=O. The lowest BCUT2D eigenvalue weighted by Gasteiger charge is -2.15. The molecule has 3 nitrogen and oxygen atoms in total. The summed E-state index contributed by atoms with van der Waals surface area (Å²) in [6.07, 6.45) is -3.21. The van der Waals surface area contributed by atoms with Crippen molar-refractivity contribution in [3.63, 3.8) is 0 Å². The molecule has 2 rings (SSSR count). The normalized spacial score (nSPS) is 16.2. The monoisotopic (exact) mass is 232 g/mol. The lowest BCUT2D eigenvalue weighted by Crippen LogP contribution is -2.28. The van der Waals surface area contributed by atoms with E-state index in [1.807, 2.05) is 0 Å². The van der Waals surface area contributed by atoms with Gasteiger partial charge in [0.15, 0.2) is 0 Å². The molecule has 0 aromatic carbocycles. The van der Waals surface area contributed by atoms with Gasteiger partial charge in [0.05, 0.1) is 0 Å². The van der Waals surface area contributed by atoms with E-state index in [-0.39, 0.29) is 11.7 Å². The second-order valence-electron chi connectivity index (χ2n) is 3.79.